The lowest BCUT2D eigenvalue weighted by Crippen LogP contribution is -2.33. The molecule has 0 saturated carbocycles. The third-order valence-electron chi connectivity index (χ3n) is 4.40. The summed E-state index contributed by atoms with van der Waals surface area (Å²) in [6.45, 7) is 6.12. The van der Waals surface area contributed by atoms with Gasteiger partial charge in [0.1, 0.15) is 0 Å². The van der Waals surface area contributed by atoms with E-state index in [4.69, 9.17) is 0 Å². The molecule has 1 aliphatic heterocycles. The standard InChI is InChI=1S/C17H28BrN3/c1-19-17(15-6-5-7-16(18)14-15)8-11-20(2)12-13-21-9-3-4-10-21/h5-7,14,17,19H,3-4,8-13H2,1-2H3. The highest BCUT2D eigenvalue weighted by Crippen LogP contribution is 2.20. The summed E-state index contributed by atoms with van der Waals surface area (Å²) in [5.41, 5.74) is 1.36. The minimum absolute atomic E-state index is 0.428. The second-order valence-electron chi connectivity index (χ2n) is 6.04. The van der Waals surface area contributed by atoms with Gasteiger partial charge in [0.15, 0.2) is 0 Å². The second-order valence-corrected chi connectivity index (χ2v) is 6.95. The normalized spacial score (nSPS) is 17.5. The molecule has 0 aliphatic carbocycles. The lowest BCUT2D eigenvalue weighted by atomic mass is 10.0. The van der Waals surface area contributed by atoms with E-state index in [0.717, 1.165) is 17.4 Å². The number of nitrogens with zero attached hydrogens (tertiary/aromatic N) is 2. The summed E-state index contributed by atoms with van der Waals surface area (Å²) < 4.78 is 1.16. The molecule has 0 spiro atoms. The van der Waals surface area contributed by atoms with Crippen molar-refractivity contribution in [1.82, 2.24) is 15.1 Å². The van der Waals surface area contributed by atoms with Gasteiger partial charge in [0.2, 0.25) is 0 Å². The smallest absolute Gasteiger partial charge is 0.0330 e. The highest BCUT2D eigenvalue weighted by Gasteiger charge is 2.13. The number of likely N-dealkylation sites (N-methyl/N-ethyl adjacent to an activating group) is 1. The topological polar surface area (TPSA) is 18.5 Å². The maximum Gasteiger partial charge on any atom is 0.0330 e. The minimum Gasteiger partial charge on any atom is -0.313 e. The highest BCUT2D eigenvalue weighted by molar-refractivity contribution is 9.10. The Hall–Kier alpha value is -0.420. The van der Waals surface area contributed by atoms with Gasteiger partial charge in [0.05, 0.1) is 0 Å². The monoisotopic (exact) mass is 353 g/mol. The number of nitrogens with one attached hydrogen (secondary N) is 1. The third kappa shape index (κ3) is 5.70. The van der Waals surface area contributed by atoms with Crippen LogP contribution in [0.2, 0.25) is 0 Å². The average Bonchev–Trinajstić information content (AvgIpc) is 2.99. The molecular formula is C17H28BrN3. The summed E-state index contributed by atoms with van der Waals surface area (Å²) >= 11 is 3.56. The zero-order valence-electron chi connectivity index (χ0n) is 13.3. The van der Waals surface area contributed by atoms with E-state index in [9.17, 15) is 0 Å². The minimum atomic E-state index is 0.428. The van der Waals surface area contributed by atoms with E-state index in [1.165, 1.54) is 44.6 Å². The largest absolute Gasteiger partial charge is 0.313 e. The van der Waals surface area contributed by atoms with Crippen LogP contribution < -0.4 is 5.32 Å². The van der Waals surface area contributed by atoms with Gasteiger partial charge in [0, 0.05) is 23.6 Å². The lowest BCUT2D eigenvalue weighted by molar-refractivity contribution is 0.249. The van der Waals surface area contributed by atoms with Crippen molar-refractivity contribution in [3.8, 4) is 0 Å². The van der Waals surface area contributed by atoms with Gasteiger partial charge in [-0.2, -0.15) is 0 Å². The first-order chi connectivity index (χ1) is 10.2. The first kappa shape index (κ1) is 16.9. The van der Waals surface area contributed by atoms with E-state index >= 15 is 0 Å². The van der Waals surface area contributed by atoms with Crippen molar-refractivity contribution in [1.29, 1.82) is 0 Å². The quantitative estimate of drug-likeness (QED) is 0.774. The summed E-state index contributed by atoms with van der Waals surface area (Å²) in [5.74, 6) is 0. The Balaban J connectivity index is 1.74. The summed E-state index contributed by atoms with van der Waals surface area (Å²) in [5, 5.41) is 3.44. The molecule has 1 aromatic carbocycles. The number of hydrogen-bond donors (Lipinski definition) is 1. The van der Waals surface area contributed by atoms with Crippen LogP contribution in [0.3, 0.4) is 0 Å². The van der Waals surface area contributed by atoms with Crippen LogP contribution in [0, 0.1) is 0 Å². The molecule has 1 fully saturated rings. The first-order valence-electron chi connectivity index (χ1n) is 8.02. The predicted molar refractivity (Wildman–Crippen MR) is 93.7 cm³/mol. The van der Waals surface area contributed by atoms with Crippen molar-refractivity contribution >= 4 is 15.9 Å². The first-order valence-corrected chi connectivity index (χ1v) is 8.82. The van der Waals surface area contributed by atoms with E-state index in [-0.39, 0.29) is 0 Å². The molecule has 1 N–H and O–H groups in total. The Kier molecular flexibility index (Phi) is 7.17. The van der Waals surface area contributed by atoms with Crippen molar-refractivity contribution in [2.45, 2.75) is 25.3 Å². The SMILES string of the molecule is CNC(CCN(C)CCN1CCCC1)c1cccc(Br)c1. The fourth-order valence-electron chi connectivity index (χ4n) is 2.98. The van der Waals surface area contributed by atoms with Gasteiger partial charge in [-0.25, -0.2) is 0 Å². The molecule has 1 unspecified atom stereocenters. The molecule has 0 aromatic heterocycles. The van der Waals surface area contributed by atoms with Crippen LogP contribution in [0.5, 0.6) is 0 Å². The highest BCUT2D eigenvalue weighted by atomic mass is 79.9. The van der Waals surface area contributed by atoms with Crippen molar-refractivity contribution in [3.63, 3.8) is 0 Å². The van der Waals surface area contributed by atoms with Crippen LogP contribution in [0.15, 0.2) is 28.7 Å². The molecule has 3 nitrogen and oxygen atoms in total. The summed E-state index contributed by atoms with van der Waals surface area (Å²) in [7, 11) is 4.29. The van der Waals surface area contributed by atoms with E-state index in [1.807, 2.05) is 0 Å². The van der Waals surface area contributed by atoms with E-state index in [2.05, 4.69) is 69.4 Å². The van der Waals surface area contributed by atoms with Crippen molar-refractivity contribution in [2.75, 3.05) is 46.8 Å². The second kappa shape index (κ2) is 8.89. The number of benzene rings is 1. The molecule has 0 amide bonds. The number of rotatable bonds is 8. The average molecular weight is 354 g/mol. The zero-order chi connectivity index (χ0) is 15.1. The third-order valence-corrected chi connectivity index (χ3v) is 4.89. The summed E-state index contributed by atoms with van der Waals surface area (Å²) in [6.07, 6.45) is 3.91. The van der Waals surface area contributed by atoms with Crippen molar-refractivity contribution in [3.05, 3.63) is 34.3 Å². The predicted octanol–water partition coefficient (Wildman–Crippen LogP) is 3.13. The molecule has 1 heterocycles. The van der Waals surface area contributed by atoms with Gasteiger partial charge in [-0.1, -0.05) is 28.1 Å². The molecule has 0 radical (unpaired) electrons. The van der Waals surface area contributed by atoms with Gasteiger partial charge in [-0.05, 0) is 70.7 Å². The molecular weight excluding hydrogens is 326 g/mol. The molecule has 0 bridgehead atoms. The van der Waals surface area contributed by atoms with Gasteiger partial charge >= 0.3 is 0 Å². The molecule has 1 aliphatic rings. The van der Waals surface area contributed by atoms with Gasteiger partial charge in [-0.3, -0.25) is 0 Å². The Morgan fingerprint density at radius 2 is 2.05 bits per heavy atom. The van der Waals surface area contributed by atoms with Crippen LogP contribution in [-0.2, 0) is 0 Å². The molecule has 21 heavy (non-hydrogen) atoms. The number of likely N-dealkylation sites (tertiary alicyclic amines) is 1. The van der Waals surface area contributed by atoms with Crippen molar-refractivity contribution in [2.24, 2.45) is 0 Å². The fourth-order valence-corrected chi connectivity index (χ4v) is 3.40. The molecule has 1 atom stereocenters. The van der Waals surface area contributed by atoms with Gasteiger partial charge < -0.3 is 15.1 Å². The van der Waals surface area contributed by atoms with Crippen LogP contribution >= 0.6 is 15.9 Å². The van der Waals surface area contributed by atoms with Crippen molar-refractivity contribution < 1.29 is 0 Å². The molecule has 1 saturated heterocycles. The van der Waals surface area contributed by atoms with Crippen LogP contribution in [-0.4, -0.2) is 56.6 Å². The van der Waals surface area contributed by atoms with Gasteiger partial charge in [0.25, 0.3) is 0 Å². The molecule has 2 rings (SSSR count). The van der Waals surface area contributed by atoms with Gasteiger partial charge in [-0.15, -0.1) is 0 Å². The Morgan fingerprint density at radius 3 is 2.71 bits per heavy atom. The van der Waals surface area contributed by atoms with E-state index < -0.39 is 0 Å². The lowest BCUT2D eigenvalue weighted by Gasteiger charge is -2.24. The molecule has 4 heteroatoms. The Labute approximate surface area is 137 Å². The summed E-state index contributed by atoms with van der Waals surface area (Å²) in [6, 6.07) is 9.04. The Morgan fingerprint density at radius 1 is 1.29 bits per heavy atom. The molecule has 1 aromatic rings. The zero-order valence-corrected chi connectivity index (χ0v) is 14.9. The Bertz CT molecular complexity index is 418. The van der Waals surface area contributed by atoms with E-state index in [0.29, 0.717) is 6.04 Å². The van der Waals surface area contributed by atoms with Crippen LogP contribution in [0.4, 0.5) is 0 Å². The van der Waals surface area contributed by atoms with E-state index in [1.54, 1.807) is 0 Å². The van der Waals surface area contributed by atoms with Crippen LogP contribution in [0.25, 0.3) is 0 Å². The maximum atomic E-state index is 3.56. The number of halogens is 1. The summed E-state index contributed by atoms with van der Waals surface area (Å²) in [4.78, 5) is 5.04. The fraction of sp³-hybridized carbons (Fsp3) is 0.647. The maximum absolute atomic E-state index is 3.56. The number of hydrogen-bond acceptors (Lipinski definition) is 3. The molecule has 118 valence electrons. The van der Waals surface area contributed by atoms with Crippen LogP contribution in [0.1, 0.15) is 30.9 Å².